The lowest BCUT2D eigenvalue weighted by Gasteiger charge is -2.48. The van der Waals surface area contributed by atoms with Gasteiger partial charge in [-0.3, -0.25) is 4.90 Å². The molecule has 0 bridgehead atoms. The Bertz CT molecular complexity index is 317. The summed E-state index contributed by atoms with van der Waals surface area (Å²) in [5, 5.41) is 3.78. The van der Waals surface area contributed by atoms with Crippen molar-refractivity contribution in [1.82, 2.24) is 10.2 Å². The highest BCUT2D eigenvalue weighted by Crippen LogP contribution is 2.36. The van der Waals surface area contributed by atoms with E-state index in [2.05, 4.69) is 31.0 Å². The molecule has 0 aromatic rings. The molecule has 1 N–H and O–H groups in total. The van der Waals surface area contributed by atoms with Crippen LogP contribution in [0.15, 0.2) is 11.8 Å². The van der Waals surface area contributed by atoms with Gasteiger partial charge in [0, 0.05) is 11.6 Å². The largest absolute Gasteiger partial charge is 0.501 e. The number of hydrogen-bond acceptors (Lipinski definition) is 3. The molecular weight excluding hydrogens is 248 g/mol. The fraction of sp³-hybridized carbons (Fsp3) is 0.882. The van der Waals surface area contributed by atoms with E-state index in [4.69, 9.17) is 4.74 Å². The standard InChI is InChI=1S/C17H32N2O/c1-4-17(5-2,19-11-7-8-12-19)16(18-6-3)15-10-9-13-20-14-15/h14,16,18H,4-13H2,1-3H3. The Balaban J connectivity index is 2.27. The Morgan fingerprint density at radius 2 is 1.90 bits per heavy atom. The first-order valence-electron chi connectivity index (χ1n) is 8.57. The van der Waals surface area contributed by atoms with Gasteiger partial charge < -0.3 is 10.1 Å². The summed E-state index contributed by atoms with van der Waals surface area (Å²) in [5.74, 6) is 0. The zero-order valence-electron chi connectivity index (χ0n) is 13.6. The number of nitrogens with one attached hydrogen (secondary N) is 1. The van der Waals surface area contributed by atoms with Crippen molar-refractivity contribution in [2.24, 2.45) is 0 Å². The second-order valence-corrected chi connectivity index (χ2v) is 6.16. The predicted molar refractivity (Wildman–Crippen MR) is 84.9 cm³/mol. The highest BCUT2D eigenvalue weighted by atomic mass is 16.5. The van der Waals surface area contributed by atoms with E-state index in [1.54, 1.807) is 0 Å². The van der Waals surface area contributed by atoms with Gasteiger partial charge in [-0.25, -0.2) is 0 Å². The molecule has 0 aromatic heterocycles. The molecule has 0 spiro atoms. The number of nitrogens with zero attached hydrogens (tertiary/aromatic N) is 1. The molecule has 0 radical (unpaired) electrons. The molecule has 1 atom stereocenters. The first-order chi connectivity index (χ1) is 9.78. The number of ether oxygens (including phenoxy) is 1. The number of hydrogen-bond donors (Lipinski definition) is 1. The fourth-order valence-electron chi connectivity index (χ4n) is 4.12. The molecular formula is C17H32N2O. The van der Waals surface area contributed by atoms with E-state index in [0.717, 1.165) is 19.6 Å². The number of rotatable bonds is 7. The zero-order chi connectivity index (χ0) is 14.4. The van der Waals surface area contributed by atoms with Gasteiger partial charge in [0.25, 0.3) is 0 Å². The first-order valence-corrected chi connectivity index (χ1v) is 8.57. The molecule has 3 heteroatoms. The maximum atomic E-state index is 5.64. The second kappa shape index (κ2) is 7.46. The highest BCUT2D eigenvalue weighted by Gasteiger charge is 2.43. The van der Waals surface area contributed by atoms with Gasteiger partial charge in [-0.05, 0) is 63.7 Å². The van der Waals surface area contributed by atoms with Crippen molar-refractivity contribution < 1.29 is 4.74 Å². The van der Waals surface area contributed by atoms with Crippen LogP contribution in [0, 0.1) is 0 Å². The molecule has 0 aliphatic carbocycles. The smallest absolute Gasteiger partial charge is 0.0876 e. The van der Waals surface area contributed by atoms with Crippen molar-refractivity contribution in [2.75, 3.05) is 26.2 Å². The minimum atomic E-state index is 0.263. The summed E-state index contributed by atoms with van der Waals surface area (Å²) in [6.07, 6.45) is 9.53. The summed E-state index contributed by atoms with van der Waals surface area (Å²) in [5.41, 5.74) is 1.74. The van der Waals surface area contributed by atoms with E-state index in [9.17, 15) is 0 Å². The van der Waals surface area contributed by atoms with Gasteiger partial charge >= 0.3 is 0 Å². The van der Waals surface area contributed by atoms with Gasteiger partial charge in [0.2, 0.25) is 0 Å². The van der Waals surface area contributed by atoms with Crippen LogP contribution in [0.4, 0.5) is 0 Å². The van der Waals surface area contributed by atoms with Crippen LogP contribution in [0.1, 0.15) is 59.3 Å². The van der Waals surface area contributed by atoms with E-state index < -0.39 is 0 Å². The van der Waals surface area contributed by atoms with Gasteiger partial charge in [0.1, 0.15) is 0 Å². The van der Waals surface area contributed by atoms with Crippen LogP contribution in [0.5, 0.6) is 0 Å². The normalized spacial score (nSPS) is 22.4. The monoisotopic (exact) mass is 280 g/mol. The number of likely N-dealkylation sites (tertiary alicyclic amines) is 1. The van der Waals surface area contributed by atoms with Gasteiger partial charge in [-0.2, -0.15) is 0 Å². The topological polar surface area (TPSA) is 24.5 Å². The minimum Gasteiger partial charge on any atom is -0.501 e. The van der Waals surface area contributed by atoms with Gasteiger partial charge in [0.15, 0.2) is 0 Å². The molecule has 2 rings (SSSR count). The SMILES string of the molecule is CCNC(C1=COCCC1)C(CC)(CC)N1CCCC1. The number of likely N-dealkylation sites (N-methyl/N-ethyl adjacent to an activating group) is 1. The quantitative estimate of drug-likeness (QED) is 0.774. The lowest BCUT2D eigenvalue weighted by molar-refractivity contribution is 0.0699. The Morgan fingerprint density at radius 1 is 1.20 bits per heavy atom. The lowest BCUT2D eigenvalue weighted by atomic mass is 9.78. The summed E-state index contributed by atoms with van der Waals surface area (Å²) >= 11 is 0. The van der Waals surface area contributed by atoms with E-state index in [1.165, 1.54) is 50.8 Å². The van der Waals surface area contributed by atoms with Crippen molar-refractivity contribution in [2.45, 2.75) is 70.9 Å². The summed E-state index contributed by atoms with van der Waals surface area (Å²) in [7, 11) is 0. The van der Waals surface area contributed by atoms with Crippen molar-refractivity contribution in [1.29, 1.82) is 0 Å². The average molecular weight is 280 g/mol. The zero-order valence-corrected chi connectivity index (χ0v) is 13.6. The van der Waals surface area contributed by atoms with Gasteiger partial charge in [0.05, 0.1) is 12.9 Å². The molecule has 1 fully saturated rings. The summed E-state index contributed by atoms with van der Waals surface area (Å²) in [6, 6.07) is 0.445. The molecule has 20 heavy (non-hydrogen) atoms. The van der Waals surface area contributed by atoms with Crippen molar-refractivity contribution in [3.63, 3.8) is 0 Å². The van der Waals surface area contributed by atoms with Crippen LogP contribution in [0.2, 0.25) is 0 Å². The molecule has 0 saturated carbocycles. The molecule has 3 nitrogen and oxygen atoms in total. The maximum Gasteiger partial charge on any atom is 0.0876 e. The third kappa shape index (κ3) is 3.04. The van der Waals surface area contributed by atoms with Crippen LogP contribution in [0.3, 0.4) is 0 Å². The maximum absolute atomic E-state index is 5.64. The minimum absolute atomic E-state index is 0.263. The Kier molecular flexibility index (Phi) is 5.91. The highest BCUT2D eigenvalue weighted by molar-refractivity contribution is 5.19. The van der Waals surface area contributed by atoms with E-state index in [1.807, 2.05) is 6.26 Å². The van der Waals surface area contributed by atoms with Crippen LogP contribution < -0.4 is 5.32 Å². The van der Waals surface area contributed by atoms with Crippen molar-refractivity contribution >= 4 is 0 Å². The van der Waals surface area contributed by atoms with E-state index in [-0.39, 0.29) is 5.54 Å². The molecule has 0 amide bonds. The molecule has 2 aliphatic rings. The first kappa shape index (κ1) is 15.8. The molecule has 2 aliphatic heterocycles. The second-order valence-electron chi connectivity index (χ2n) is 6.16. The van der Waals surface area contributed by atoms with Crippen molar-refractivity contribution in [3.05, 3.63) is 11.8 Å². The van der Waals surface area contributed by atoms with Gasteiger partial charge in [-0.15, -0.1) is 0 Å². The third-order valence-corrected chi connectivity index (χ3v) is 5.24. The van der Waals surface area contributed by atoms with Gasteiger partial charge in [-0.1, -0.05) is 20.8 Å². The van der Waals surface area contributed by atoms with Crippen LogP contribution in [0.25, 0.3) is 0 Å². The Labute approximate surface area is 124 Å². The molecule has 0 aromatic carbocycles. The molecule has 1 unspecified atom stereocenters. The van der Waals surface area contributed by atoms with Crippen LogP contribution in [-0.4, -0.2) is 42.7 Å². The third-order valence-electron chi connectivity index (χ3n) is 5.24. The molecule has 1 saturated heterocycles. The lowest BCUT2D eigenvalue weighted by Crippen LogP contribution is -2.61. The van der Waals surface area contributed by atoms with E-state index in [0.29, 0.717) is 6.04 Å². The van der Waals surface area contributed by atoms with Crippen molar-refractivity contribution in [3.8, 4) is 0 Å². The summed E-state index contributed by atoms with van der Waals surface area (Å²) < 4.78 is 5.64. The summed E-state index contributed by atoms with van der Waals surface area (Å²) in [6.45, 7) is 11.4. The fourth-order valence-corrected chi connectivity index (χ4v) is 4.12. The van der Waals surface area contributed by atoms with Crippen LogP contribution >= 0.6 is 0 Å². The Morgan fingerprint density at radius 3 is 2.40 bits per heavy atom. The van der Waals surface area contributed by atoms with Crippen LogP contribution in [-0.2, 0) is 4.74 Å². The molecule has 2 heterocycles. The molecule has 116 valence electrons. The Hall–Kier alpha value is -0.540. The van der Waals surface area contributed by atoms with E-state index >= 15 is 0 Å². The average Bonchev–Trinajstić information content (AvgIpc) is 3.04. The predicted octanol–water partition coefficient (Wildman–Crippen LogP) is 3.31. The summed E-state index contributed by atoms with van der Waals surface area (Å²) in [4.78, 5) is 2.75.